The summed E-state index contributed by atoms with van der Waals surface area (Å²) in [7, 11) is 0. The minimum atomic E-state index is -1.42. The highest BCUT2D eigenvalue weighted by atomic mass is 16.4. The van der Waals surface area contributed by atoms with Gasteiger partial charge in [-0.25, -0.2) is 0 Å². The number of carboxylic acids is 1. The Hall–Kier alpha value is -1.01. The summed E-state index contributed by atoms with van der Waals surface area (Å²) in [6.07, 6.45) is 4.08. The fourth-order valence-electron chi connectivity index (χ4n) is 7.41. The first kappa shape index (κ1) is 49.0. The molecule has 11 unspecified atom stereocenters. The van der Waals surface area contributed by atoms with Crippen LogP contribution in [0.25, 0.3) is 0 Å². The number of hydrogen-bond acceptors (Lipinski definition) is 13. The monoisotopic (exact) mass is 728 g/mol. The minimum absolute atomic E-state index is 0.0657. The highest BCUT2D eigenvalue weighted by Crippen LogP contribution is 2.44. The Kier molecular flexibility index (Phi) is 29.8. The van der Waals surface area contributed by atoms with Crippen molar-refractivity contribution >= 4 is 5.97 Å². The number of aliphatic hydroxyl groups is 12. The van der Waals surface area contributed by atoms with Gasteiger partial charge in [-0.3, -0.25) is 4.79 Å². The maximum absolute atomic E-state index is 12.6. The standard InChI is InChI=1S/C36H72O14/c37-19-26(43)13-11-9-7-5-3-1-2-4-6-8-10-12-25(14-27(44)20-38)32(15-28(45)21-39)33(16-29(46)22-40)34(17-30(47)23-41)35(36(49)50)18-31(48)24-42/h25-35,37-48H,1-24H2,(H,49,50). The smallest absolute Gasteiger partial charge is 0.306 e. The van der Waals surface area contributed by atoms with Gasteiger partial charge in [0.1, 0.15) is 0 Å². The Bertz CT molecular complexity index is 792. The van der Waals surface area contributed by atoms with E-state index in [4.69, 9.17) is 5.11 Å². The van der Waals surface area contributed by atoms with Crippen LogP contribution in [0.5, 0.6) is 0 Å². The van der Waals surface area contributed by atoms with E-state index in [1.165, 1.54) is 0 Å². The second-order valence-electron chi connectivity index (χ2n) is 14.4. The highest BCUT2D eigenvalue weighted by molar-refractivity contribution is 5.70. The van der Waals surface area contributed by atoms with E-state index in [-0.39, 0.29) is 32.3 Å². The molecule has 300 valence electrons. The van der Waals surface area contributed by atoms with Crippen molar-refractivity contribution in [2.75, 3.05) is 39.6 Å². The second-order valence-corrected chi connectivity index (χ2v) is 14.4. The van der Waals surface area contributed by atoms with Crippen LogP contribution in [0.15, 0.2) is 0 Å². The van der Waals surface area contributed by atoms with Gasteiger partial charge in [0.25, 0.3) is 0 Å². The van der Waals surface area contributed by atoms with Gasteiger partial charge >= 0.3 is 5.97 Å². The van der Waals surface area contributed by atoms with Crippen LogP contribution in [0.3, 0.4) is 0 Å². The van der Waals surface area contributed by atoms with E-state index in [0.717, 1.165) is 64.2 Å². The normalized spacial score (nSPS) is 18.8. The van der Waals surface area contributed by atoms with Gasteiger partial charge in [0, 0.05) is 0 Å². The molecule has 0 aromatic carbocycles. The molecule has 50 heavy (non-hydrogen) atoms. The first-order valence-corrected chi connectivity index (χ1v) is 18.8. The molecule has 0 fully saturated rings. The van der Waals surface area contributed by atoms with Gasteiger partial charge in [-0.2, -0.15) is 0 Å². The first-order valence-electron chi connectivity index (χ1n) is 18.8. The van der Waals surface area contributed by atoms with Crippen LogP contribution in [0.4, 0.5) is 0 Å². The molecule has 0 aromatic rings. The lowest BCUT2D eigenvalue weighted by Crippen LogP contribution is -2.43. The van der Waals surface area contributed by atoms with Crippen molar-refractivity contribution in [1.29, 1.82) is 0 Å². The van der Waals surface area contributed by atoms with Gasteiger partial charge in [0.2, 0.25) is 0 Å². The van der Waals surface area contributed by atoms with Gasteiger partial charge < -0.3 is 66.4 Å². The molecule has 0 amide bonds. The zero-order valence-corrected chi connectivity index (χ0v) is 30.0. The number of aliphatic carboxylic acids is 1. The Morgan fingerprint density at radius 3 is 1.08 bits per heavy atom. The number of carbonyl (C=O) groups is 1. The molecule has 0 aromatic heterocycles. The molecule has 0 saturated carbocycles. The molecule has 0 bridgehead atoms. The highest BCUT2D eigenvalue weighted by Gasteiger charge is 2.43. The lowest BCUT2D eigenvalue weighted by Gasteiger charge is -2.43. The summed E-state index contributed by atoms with van der Waals surface area (Å²) in [5.41, 5.74) is 0. The molecular formula is C36H72O14. The van der Waals surface area contributed by atoms with Crippen LogP contribution in [-0.2, 0) is 4.79 Å². The maximum atomic E-state index is 12.6. The number of unbranched alkanes of at least 4 members (excludes halogenated alkanes) is 10. The van der Waals surface area contributed by atoms with E-state index < -0.39 is 112 Å². The van der Waals surface area contributed by atoms with Crippen LogP contribution in [-0.4, -0.2) is 149 Å². The zero-order chi connectivity index (χ0) is 37.9. The van der Waals surface area contributed by atoms with Crippen molar-refractivity contribution in [2.45, 2.75) is 152 Å². The van der Waals surface area contributed by atoms with Crippen LogP contribution in [0.2, 0.25) is 0 Å². The van der Waals surface area contributed by atoms with Crippen molar-refractivity contribution in [3.63, 3.8) is 0 Å². The van der Waals surface area contributed by atoms with Crippen LogP contribution >= 0.6 is 0 Å². The van der Waals surface area contributed by atoms with E-state index >= 15 is 0 Å². The van der Waals surface area contributed by atoms with Gasteiger partial charge in [0.15, 0.2) is 0 Å². The Labute approximate surface area is 298 Å². The van der Waals surface area contributed by atoms with Crippen molar-refractivity contribution in [3.8, 4) is 0 Å². The predicted octanol–water partition coefficient (Wildman–Crippen LogP) is 0.293. The summed E-state index contributed by atoms with van der Waals surface area (Å²) < 4.78 is 0. The zero-order valence-electron chi connectivity index (χ0n) is 30.0. The molecule has 14 heteroatoms. The van der Waals surface area contributed by atoms with E-state index in [0.29, 0.717) is 19.3 Å². The largest absolute Gasteiger partial charge is 0.481 e. The van der Waals surface area contributed by atoms with Crippen LogP contribution in [0.1, 0.15) is 116 Å². The molecule has 0 aliphatic heterocycles. The molecule has 0 spiro atoms. The lowest BCUT2D eigenvalue weighted by molar-refractivity contribution is -0.148. The van der Waals surface area contributed by atoms with Crippen molar-refractivity contribution in [3.05, 3.63) is 0 Å². The third-order valence-corrected chi connectivity index (χ3v) is 10.1. The second kappa shape index (κ2) is 30.5. The number of hydrogen-bond donors (Lipinski definition) is 13. The summed E-state index contributed by atoms with van der Waals surface area (Å²) in [5.74, 6) is -5.74. The summed E-state index contributed by atoms with van der Waals surface area (Å²) in [4.78, 5) is 12.6. The SMILES string of the molecule is O=C(O)C(CC(O)CO)C(CC(O)CO)C(CC(O)CO)C(CC(O)CO)C(CCCCCCCCCCCCCC(O)CO)CC(O)CO. The van der Waals surface area contributed by atoms with E-state index in [1.54, 1.807) is 0 Å². The fourth-order valence-corrected chi connectivity index (χ4v) is 7.41. The molecule has 0 rings (SSSR count). The summed E-state index contributed by atoms with van der Waals surface area (Å²) >= 11 is 0. The Morgan fingerprint density at radius 1 is 0.360 bits per heavy atom. The number of rotatable bonds is 35. The van der Waals surface area contributed by atoms with Crippen LogP contribution < -0.4 is 0 Å². The minimum Gasteiger partial charge on any atom is -0.481 e. The lowest BCUT2D eigenvalue weighted by atomic mass is 9.63. The third kappa shape index (κ3) is 22.1. The van der Waals surface area contributed by atoms with Crippen molar-refractivity contribution in [1.82, 2.24) is 0 Å². The van der Waals surface area contributed by atoms with Crippen molar-refractivity contribution < 1.29 is 71.2 Å². The summed E-state index contributed by atoms with van der Waals surface area (Å²) in [6.45, 7) is -3.46. The quantitative estimate of drug-likeness (QED) is 0.0391. The first-order chi connectivity index (χ1) is 23.9. The van der Waals surface area contributed by atoms with Gasteiger partial charge in [-0.1, -0.05) is 77.0 Å². The van der Waals surface area contributed by atoms with E-state index in [2.05, 4.69) is 0 Å². The average Bonchev–Trinajstić information content (AvgIpc) is 3.11. The molecule has 0 radical (unpaired) electrons. The Morgan fingerprint density at radius 2 is 0.680 bits per heavy atom. The molecule has 0 saturated heterocycles. The molecule has 11 atom stereocenters. The molecule has 0 aliphatic rings. The molecule has 13 N–H and O–H groups in total. The number of carboxylic acid groups (broad SMARTS) is 1. The molecule has 0 heterocycles. The van der Waals surface area contributed by atoms with E-state index in [1.807, 2.05) is 0 Å². The summed E-state index contributed by atoms with van der Waals surface area (Å²) in [5, 5.41) is 130. The maximum Gasteiger partial charge on any atom is 0.306 e. The molecular weight excluding hydrogens is 656 g/mol. The van der Waals surface area contributed by atoms with Gasteiger partial charge in [-0.15, -0.1) is 0 Å². The average molecular weight is 729 g/mol. The Balaban J connectivity index is 5.94. The fraction of sp³-hybridized carbons (Fsp3) is 0.972. The predicted molar refractivity (Wildman–Crippen MR) is 187 cm³/mol. The third-order valence-electron chi connectivity index (χ3n) is 10.1. The van der Waals surface area contributed by atoms with Gasteiger partial charge in [-0.05, 0) is 62.2 Å². The van der Waals surface area contributed by atoms with Crippen molar-refractivity contribution in [2.24, 2.45) is 29.6 Å². The van der Waals surface area contributed by atoms with Gasteiger partial charge in [0.05, 0.1) is 82.2 Å². The number of aliphatic hydroxyl groups excluding tert-OH is 12. The van der Waals surface area contributed by atoms with Crippen LogP contribution in [0, 0.1) is 29.6 Å². The summed E-state index contributed by atoms with van der Waals surface area (Å²) in [6, 6.07) is 0. The topological polar surface area (TPSA) is 280 Å². The molecule has 0 aliphatic carbocycles. The van der Waals surface area contributed by atoms with E-state index in [9.17, 15) is 66.1 Å². The molecule has 14 nitrogen and oxygen atoms in total.